The minimum Gasteiger partial charge on any atom is -0.464 e. The van der Waals surface area contributed by atoms with Gasteiger partial charge in [-0.2, -0.15) is 0 Å². The lowest BCUT2D eigenvalue weighted by molar-refractivity contribution is 0.0596. The number of benzene rings is 1. The number of aryl methyl sites for hydroxylation is 3. The summed E-state index contributed by atoms with van der Waals surface area (Å²) in [5, 5.41) is 5.02. The molecule has 4 rings (SSSR count). The lowest BCUT2D eigenvalue weighted by Crippen LogP contribution is -2.21. The highest BCUT2D eigenvalue weighted by Crippen LogP contribution is 2.31. The van der Waals surface area contributed by atoms with Crippen LogP contribution >= 0.6 is 15.9 Å². The Bertz CT molecular complexity index is 1330. The Hall–Kier alpha value is -3.20. The van der Waals surface area contributed by atoms with Gasteiger partial charge >= 0.3 is 11.7 Å². The van der Waals surface area contributed by atoms with Crippen LogP contribution in [0.5, 0.6) is 0 Å². The standard InChI is InChI=1S/C21H20BrN5O3/c1-5-26-16(11-14-10-12(2)23-17(18(14)26)19(28)30-4)13-6-8-15(9-7-13)27-20(22)24-25(3)21(27)29/h6-11H,5H2,1-4H3. The van der Waals surface area contributed by atoms with Crippen LogP contribution in [0.4, 0.5) is 0 Å². The van der Waals surface area contributed by atoms with E-state index in [-0.39, 0.29) is 5.69 Å². The van der Waals surface area contributed by atoms with E-state index in [1.54, 1.807) is 7.05 Å². The molecular weight excluding hydrogens is 450 g/mol. The predicted octanol–water partition coefficient (Wildman–Crippen LogP) is 3.47. The molecule has 0 aliphatic heterocycles. The summed E-state index contributed by atoms with van der Waals surface area (Å²) in [5.41, 5.74) is 4.19. The fraction of sp³-hybridized carbons (Fsp3) is 0.238. The van der Waals surface area contributed by atoms with E-state index < -0.39 is 5.97 Å². The number of aromatic nitrogens is 5. The molecule has 8 nitrogen and oxygen atoms in total. The van der Waals surface area contributed by atoms with Gasteiger partial charge in [-0.25, -0.2) is 23.8 Å². The summed E-state index contributed by atoms with van der Waals surface area (Å²) < 4.78 is 10.2. The van der Waals surface area contributed by atoms with Gasteiger partial charge in [0.1, 0.15) is 0 Å². The maximum atomic E-state index is 12.3. The van der Waals surface area contributed by atoms with Crippen molar-refractivity contribution in [3.05, 3.63) is 63.0 Å². The summed E-state index contributed by atoms with van der Waals surface area (Å²) >= 11 is 3.33. The van der Waals surface area contributed by atoms with Crippen LogP contribution in [0.1, 0.15) is 23.1 Å². The molecule has 0 spiro atoms. The lowest BCUT2D eigenvalue weighted by Gasteiger charge is -2.11. The molecule has 154 valence electrons. The highest BCUT2D eigenvalue weighted by atomic mass is 79.9. The predicted molar refractivity (Wildman–Crippen MR) is 117 cm³/mol. The second kappa shape index (κ2) is 7.56. The third-order valence-electron chi connectivity index (χ3n) is 5.00. The summed E-state index contributed by atoms with van der Waals surface area (Å²) in [4.78, 5) is 29.0. The number of fused-ring (bicyclic) bond motifs is 1. The Morgan fingerprint density at radius 2 is 1.90 bits per heavy atom. The summed E-state index contributed by atoms with van der Waals surface area (Å²) in [7, 11) is 2.96. The van der Waals surface area contributed by atoms with Crippen LogP contribution in [0.25, 0.3) is 27.8 Å². The van der Waals surface area contributed by atoms with Gasteiger partial charge in [-0.15, -0.1) is 5.10 Å². The maximum Gasteiger partial charge on any atom is 0.358 e. The highest BCUT2D eigenvalue weighted by molar-refractivity contribution is 9.10. The average Bonchev–Trinajstić information content (AvgIpc) is 3.22. The molecule has 0 atom stereocenters. The smallest absolute Gasteiger partial charge is 0.358 e. The van der Waals surface area contributed by atoms with E-state index >= 15 is 0 Å². The molecule has 4 aromatic rings. The molecule has 0 saturated carbocycles. The number of methoxy groups -OCH3 is 1. The van der Waals surface area contributed by atoms with Crippen LogP contribution in [0.15, 0.2) is 45.9 Å². The van der Waals surface area contributed by atoms with Crippen molar-refractivity contribution in [3.8, 4) is 16.9 Å². The van der Waals surface area contributed by atoms with Crippen LogP contribution in [0.2, 0.25) is 0 Å². The summed E-state index contributed by atoms with van der Waals surface area (Å²) in [6.07, 6.45) is 0. The topological polar surface area (TPSA) is 83.9 Å². The number of carbonyl (C=O) groups is 1. The van der Waals surface area contributed by atoms with E-state index in [9.17, 15) is 9.59 Å². The van der Waals surface area contributed by atoms with Crippen molar-refractivity contribution in [3.63, 3.8) is 0 Å². The largest absolute Gasteiger partial charge is 0.464 e. The molecule has 0 bridgehead atoms. The number of hydrogen-bond donors (Lipinski definition) is 0. The van der Waals surface area contributed by atoms with Crippen molar-refractivity contribution >= 4 is 32.8 Å². The molecule has 9 heteroatoms. The van der Waals surface area contributed by atoms with E-state index in [1.807, 2.05) is 50.2 Å². The van der Waals surface area contributed by atoms with Gasteiger partial charge in [0.05, 0.1) is 18.3 Å². The normalized spacial score (nSPS) is 11.2. The first-order valence-electron chi connectivity index (χ1n) is 9.37. The SMILES string of the molecule is CCn1c(-c2ccc(-n3c(Br)nn(C)c3=O)cc2)cc2cc(C)nc(C(=O)OC)c21. The Balaban J connectivity index is 1.87. The average molecular weight is 470 g/mol. The molecule has 0 fully saturated rings. The van der Waals surface area contributed by atoms with Gasteiger partial charge in [-0.3, -0.25) is 0 Å². The molecule has 3 heterocycles. The first-order chi connectivity index (χ1) is 14.3. The molecule has 1 aromatic carbocycles. The quantitative estimate of drug-likeness (QED) is 0.427. The minimum atomic E-state index is -0.459. The van der Waals surface area contributed by atoms with Gasteiger partial charge in [0.25, 0.3) is 0 Å². The van der Waals surface area contributed by atoms with Gasteiger partial charge in [0, 0.05) is 30.4 Å². The molecule has 0 radical (unpaired) electrons. The van der Waals surface area contributed by atoms with Crippen LogP contribution in [-0.2, 0) is 18.3 Å². The van der Waals surface area contributed by atoms with Crippen molar-refractivity contribution in [2.75, 3.05) is 7.11 Å². The zero-order valence-electron chi connectivity index (χ0n) is 17.0. The molecule has 0 saturated heterocycles. The lowest BCUT2D eigenvalue weighted by atomic mass is 10.1. The molecular formula is C21H20BrN5O3. The van der Waals surface area contributed by atoms with E-state index in [2.05, 4.69) is 30.6 Å². The summed E-state index contributed by atoms with van der Waals surface area (Å²) in [6.45, 7) is 4.53. The van der Waals surface area contributed by atoms with Gasteiger partial charge < -0.3 is 9.30 Å². The first kappa shape index (κ1) is 20.1. The zero-order chi connectivity index (χ0) is 21.6. The van der Waals surface area contributed by atoms with Crippen LogP contribution in [-0.4, -0.2) is 37.0 Å². The molecule has 0 N–H and O–H groups in total. The second-order valence-corrected chi connectivity index (χ2v) is 7.58. The number of halogens is 1. The summed E-state index contributed by atoms with van der Waals surface area (Å²) in [6, 6.07) is 11.6. The molecule has 0 unspecified atom stereocenters. The van der Waals surface area contributed by atoms with Gasteiger partial charge in [0.2, 0.25) is 4.73 Å². The van der Waals surface area contributed by atoms with Crippen molar-refractivity contribution < 1.29 is 9.53 Å². The van der Waals surface area contributed by atoms with Gasteiger partial charge in [-0.05, 0) is 59.6 Å². The third-order valence-corrected chi connectivity index (χ3v) is 5.52. The Morgan fingerprint density at radius 3 is 2.47 bits per heavy atom. The van der Waals surface area contributed by atoms with E-state index in [0.29, 0.717) is 22.7 Å². The monoisotopic (exact) mass is 469 g/mol. The van der Waals surface area contributed by atoms with Crippen molar-refractivity contribution in [2.24, 2.45) is 7.05 Å². The zero-order valence-corrected chi connectivity index (χ0v) is 18.6. The molecule has 0 aliphatic rings. The second-order valence-electron chi connectivity index (χ2n) is 6.87. The van der Waals surface area contributed by atoms with E-state index in [1.165, 1.54) is 16.4 Å². The van der Waals surface area contributed by atoms with E-state index in [0.717, 1.165) is 27.9 Å². The minimum absolute atomic E-state index is 0.235. The Kier molecular flexibility index (Phi) is 5.07. The number of rotatable bonds is 4. The van der Waals surface area contributed by atoms with E-state index in [4.69, 9.17) is 4.74 Å². The molecule has 0 amide bonds. The Labute approximate surface area is 180 Å². The fourth-order valence-corrected chi connectivity index (χ4v) is 4.27. The number of nitrogens with zero attached hydrogens (tertiary/aromatic N) is 5. The first-order valence-corrected chi connectivity index (χ1v) is 10.2. The fourth-order valence-electron chi connectivity index (χ4n) is 3.67. The van der Waals surface area contributed by atoms with Crippen molar-refractivity contribution in [2.45, 2.75) is 20.4 Å². The van der Waals surface area contributed by atoms with Crippen LogP contribution < -0.4 is 5.69 Å². The van der Waals surface area contributed by atoms with Gasteiger partial charge in [-0.1, -0.05) is 12.1 Å². The highest BCUT2D eigenvalue weighted by Gasteiger charge is 2.20. The maximum absolute atomic E-state index is 12.3. The Morgan fingerprint density at radius 1 is 1.20 bits per heavy atom. The number of carbonyl (C=O) groups excluding carboxylic acids is 1. The third kappa shape index (κ3) is 3.15. The van der Waals surface area contributed by atoms with Crippen LogP contribution in [0, 0.1) is 6.92 Å². The van der Waals surface area contributed by atoms with Crippen molar-refractivity contribution in [1.29, 1.82) is 0 Å². The van der Waals surface area contributed by atoms with Gasteiger partial charge in [0.15, 0.2) is 5.69 Å². The number of pyridine rings is 1. The van der Waals surface area contributed by atoms with Crippen molar-refractivity contribution in [1.82, 2.24) is 23.9 Å². The van der Waals surface area contributed by atoms with Crippen LogP contribution in [0.3, 0.4) is 0 Å². The molecule has 3 aromatic heterocycles. The summed E-state index contributed by atoms with van der Waals surface area (Å²) in [5.74, 6) is -0.459. The molecule has 0 aliphatic carbocycles. The molecule has 30 heavy (non-hydrogen) atoms. The number of hydrogen-bond acceptors (Lipinski definition) is 5. The number of ether oxygens (including phenoxy) is 1. The number of esters is 1.